The van der Waals surface area contributed by atoms with Crippen LogP contribution in [-0.2, 0) is 4.79 Å². The number of aromatic nitrogens is 1. The monoisotopic (exact) mass is 235 g/mol. The van der Waals surface area contributed by atoms with Gasteiger partial charge in [-0.05, 0) is 24.5 Å². The maximum Gasteiger partial charge on any atom is 0.270 e. The molecule has 1 rings (SSSR count). The van der Waals surface area contributed by atoms with Gasteiger partial charge in [0.15, 0.2) is 0 Å². The number of hydrogen-bond acceptors (Lipinski definition) is 3. The molecule has 0 aliphatic carbocycles. The van der Waals surface area contributed by atoms with E-state index in [0.29, 0.717) is 6.42 Å². The van der Waals surface area contributed by atoms with Gasteiger partial charge in [0.05, 0.1) is 0 Å². The van der Waals surface area contributed by atoms with Crippen molar-refractivity contribution < 1.29 is 9.59 Å². The van der Waals surface area contributed by atoms with Crippen molar-refractivity contribution in [3.8, 4) is 0 Å². The lowest BCUT2D eigenvalue weighted by molar-refractivity contribution is -0.120. The molecule has 5 nitrogen and oxygen atoms in total. The fourth-order valence-electron chi connectivity index (χ4n) is 1.45. The van der Waals surface area contributed by atoms with Crippen LogP contribution in [-0.4, -0.2) is 22.8 Å². The Morgan fingerprint density at radius 1 is 1.41 bits per heavy atom. The third-order valence-corrected chi connectivity index (χ3v) is 2.25. The Morgan fingerprint density at radius 2 is 2.12 bits per heavy atom. The predicted octanol–water partition coefficient (Wildman–Crippen LogP) is 0.711. The molecule has 0 bridgehead atoms. The number of nitrogens with zero attached hydrogens (tertiary/aromatic N) is 1. The van der Waals surface area contributed by atoms with Crippen molar-refractivity contribution in [3.05, 3.63) is 30.1 Å². The lowest BCUT2D eigenvalue weighted by Gasteiger charge is -2.16. The first-order chi connectivity index (χ1) is 8.00. The summed E-state index contributed by atoms with van der Waals surface area (Å²) in [6.45, 7) is 3.92. The van der Waals surface area contributed by atoms with E-state index in [1.54, 1.807) is 18.2 Å². The molecule has 0 spiro atoms. The first-order valence-electron chi connectivity index (χ1n) is 5.52. The van der Waals surface area contributed by atoms with Crippen LogP contribution in [0.3, 0.4) is 0 Å². The van der Waals surface area contributed by atoms with E-state index in [1.165, 1.54) is 6.20 Å². The highest BCUT2D eigenvalue weighted by Crippen LogP contribution is 2.05. The largest absolute Gasteiger partial charge is 0.368 e. The number of nitrogens with one attached hydrogen (secondary N) is 1. The standard InChI is InChI=1S/C12H17N3O2/c1-8(2)7-10(11(13)16)15-12(17)9-5-3-4-6-14-9/h3-6,8,10H,7H2,1-2H3,(H2,13,16)(H,15,17)/t10-/m1/s1. The van der Waals surface area contributed by atoms with Crippen molar-refractivity contribution in [2.75, 3.05) is 0 Å². The van der Waals surface area contributed by atoms with Crippen molar-refractivity contribution >= 4 is 11.8 Å². The quantitative estimate of drug-likeness (QED) is 0.788. The molecule has 1 heterocycles. The predicted molar refractivity (Wildman–Crippen MR) is 64.1 cm³/mol. The van der Waals surface area contributed by atoms with Crippen LogP contribution in [0, 0.1) is 5.92 Å². The number of primary amides is 1. The summed E-state index contributed by atoms with van der Waals surface area (Å²) in [5.41, 5.74) is 5.52. The summed E-state index contributed by atoms with van der Waals surface area (Å²) in [4.78, 5) is 26.9. The van der Waals surface area contributed by atoms with Gasteiger partial charge in [-0.25, -0.2) is 0 Å². The topological polar surface area (TPSA) is 85.1 Å². The molecule has 17 heavy (non-hydrogen) atoms. The van der Waals surface area contributed by atoms with Crippen molar-refractivity contribution in [1.29, 1.82) is 0 Å². The van der Waals surface area contributed by atoms with Crippen molar-refractivity contribution in [2.24, 2.45) is 11.7 Å². The first-order valence-corrected chi connectivity index (χ1v) is 5.52. The smallest absolute Gasteiger partial charge is 0.270 e. The van der Waals surface area contributed by atoms with Gasteiger partial charge in [0.1, 0.15) is 11.7 Å². The number of rotatable bonds is 5. The maximum atomic E-state index is 11.8. The molecule has 0 unspecified atom stereocenters. The third kappa shape index (κ3) is 4.22. The molecule has 0 radical (unpaired) electrons. The van der Waals surface area contributed by atoms with E-state index in [9.17, 15) is 9.59 Å². The zero-order valence-corrected chi connectivity index (χ0v) is 10.0. The number of pyridine rings is 1. The van der Waals surface area contributed by atoms with Crippen LogP contribution >= 0.6 is 0 Å². The number of nitrogens with two attached hydrogens (primary N) is 1. The minimum absolute atomic E-state index is 0.275. The van der Waals surface area contributed by atoms with E-state index >= 15 is 0 Å². The summed E-state index contributed by atoms with van der Waals surface area (Å²) in [6, 6.07) is 4.37. The van der Waals surface area contributed by atoms with Crippen LogP contribution in [0.2, 0.25) is 0 Å². The minimum Gasteiger partial charge on any atom is -0.368 e. The molecular formula is C12H17N3O2. The molecule has 0 aliphatic rings. The molecule has 1 aromatic heterocycles. The second-order valence-electron chi connectivity index (χ2n) is 4.27. The second-order valence-corrected chi connectivity index (χ2v) is 4.27. The van der Waals surface area contributed by atoms with Gasteiger partial charge in [0, 0.05) is 6.20 Å². The summed E-state index contributed by atoms with van der Waals surface area (Å²) in [7, 11) is 0. The van der Waals surface area contributed by atoms with Gasteiger partial charge in [0.25, 0.3) is 5.91 Å². The Balaban J connectivity index is 2.68. The molecule has 0 aromatic carbocycles. The maximum absolute atomic E-state index is 11.8. The highest BCUT2D eigenvalue weighted by Gasteiger charge is 2.20. The summed E-state index contributed by atoms with van der Waals surface area (Å²) in [5.74, 6) is -0.630. The van der Waals surface area contributed by atoms with E-state index in [-0.39, 0.29) is 17.5 Å². The number of hydrogen-bond donors (Lipinski definition) is 2. The van der Waals surface area contributed by atoms with Crippen molar-refractivity contribution in [1.82, 2.24) is 10.3 Å². The summed E-state index contributed by atoms with van der Waals surface area (Å²) < 4.78 is 0. The van der Waals surface area contributed by atoms with E-state index in [1.807, 2.05) is 13.8 Å². The van der Waals surface area contributed by atoms with Crippen LogP contribution in [0.1, 0.15) is 30.8 Å². The van der Waals surface area contributed by atoms with Crippen LogP contribution in [0.25, 0.3) is 0 Å². The van der Waals surface area contributed by atoms with Crippen LogP contribution in [0.15, 0.2) is 24.4 Å². The van der Waals surface area contributed by atoms with Gasteiger partial charge in [-0.2, -0.15) is 0 Å². The molecule has 3 N–H and O–H groups in total. The van der Waals surface area contributed by atoms with Crippen LogP contribution < -0.4 is 11.1 Å². The van der Waals surface area contributed by atoms with Crippen molar-refractivity contribution in [2.45, 2.75) is 26.3 Å². The molecule has 2 amide bonds. The molecule has 1 atom stereocenters. The SMILES string of the molecule is CC(C)C[C@@H](NC(=O)c1ccccn1)C(N)=O. The van der Waals surface area contributed by atoms with Gasteiger partial charge in [-0.1, -0.05) is 19.9 Å². The lowest BCUT2D eigenvalue weighted by Crippen LogP contribution is -2.45. The van der Waals surface area contributed by atoms with Crippen molar-refractivity contribution in [3.63, 3.8) is 0 Å². The summed E-state index contributed by atoms with van der Waals surface area (Å²) in [6.07, 6.45) is 2.05. The zero-order chi connectivity index (χ0) is 12.8. The van der Waals surface area contributed by atoms with Crippen LogP contribution in [0.4, 0.5) is 0 Å². The summed E-state index contributed by atoms with van der Waals surface area (Å²) in [5, 5.41) is 2.59. The third-order valence-electron chi connectivity index (χ3n) is 2.25. The van der Waals surface area contributed by atoms with E-state index in [2.05, 4.69) is 10.3 Å². The van der Waals surface area contributed by atoms with Gasteiger partial charge >= 0.3 is 0 Å². The zero-order valence-electron chi connectivity index (χ0n) is 10.0. The molecule has 0 saturated heterocycles. The highest BCUT2D eigenvalue weighted by molar-refractivity contribution is 5.95. The Labute approximate surface area is 100 Å². The summed E-state index contributed by atoms with van der Waals surface area (Å²) >= 11 is 0. The molecule has 0 aliphatic heterocycles. The molecule has 0 saturated carbocycles. The van der Waals surface area contributed by atoms with Gasteiger partial charge in [-0.3, -0.25) is 14.6 Å². The normalized spacial score (nSPS) is 12.2. The van der Waals surface area contributed by atoms with Gasteiger partial charge < -0.3 is 11.1 Å². The fraction of sp³-hybridized carbons (Fsp3) is 0.417. The Kier molecular flexibility index (Phi) is 4.63. The fourth-order valence-corrected chi connectivity index (χ4v) is 1.45. The Hall–Kier alpha value is -1.91. The number of carbonyl (C=O) groups excluding carboxylic acids is 2. The Morgan fingerprint density at radius 3 is 2.59 bits per heavy atom. The average Bonchev–Trinajstić information content (AvgIpc) is 2.28. The number of amides is 2. The second kappa shape index (κ2) is 5.98. The molecule has 1 aromatic rings. The molecule has 0 fully saturated rings. The van der Waals surface area contributed by atoms with E-state index in [0.717, 1.165) is 0 Å². The van der Waals surface area contributed by atoms with E-state index in [4.69, 9.17) is 5.73 Å². The van der Waals surface area contributed by atoms with Gasteiger partial charge in [0.2, 0.25) is 5.91 Å². The Bertz CT molecular complexity index is 390. The first kappa shape index (κ1) is 13.2. The van der Waals surface area contributed by atoms with Gasteiger partial charge in [-0.15, -0.1) is 0 Å². The molecule has 92 valence electrons. The highest BCUT2D eigenvalue weighted by atomic mass is 16.2. The lowest BCUT2D eigenvalue weighted by atomic mass is 10.0. The van der Waals surface area contributed by atoms with E-state index < -0.39 is 11.9 Å². The molecule has 5 heteroatoms. The number of carbonyl (C=O) groups is 2. The van der Waals surface area contributed by atoms with Crippen LogP contribution in [0.5, 0.6) is 0 Å². The minimum atomic E-state index is -0.649. The average molecular weight is 235 g/mol. The molecular weight excluding hydrogens is 218 g/mol.